The zero-order valence-electron chi connectivity index (χ0n) is 29.4. The molecule has 1 saturated heterocycles. The highest BCUT2D eigenvalue weighted by Gasteiger charge is 2.45. The lowest BCUT2D eigenvalue weighted by Gasteiger charge is -2.36. The number of rotatable bonds is 16. The van der Waals surface area contributed by atoms with Crippen LogP contribution in [0, 0.1) is 5.41 Å². The molecule has 0 saturated carbocycles. The summed E-state index contributed by atoms with van der Waals surface area (Å²) in [6.07, 6.45) is 3.41. The van der Waals surface area contributed by atoms with Gasteiger partial charge in [0.05, 0.1) is 35.8 Å². The zero-order valence-corrected chi connectivity index (χ0v) is 30.2. The highest BCUT2D eigenvalue weighted by Crippen LogP contribution is 2.28. The van der Waals surface area contributed by atoms with Crippen LogP contribution in [0.2, 0.25) is 0 Å². The molecule has 0 unspecified atom stereocenters. The average molecular weight is 709 g/mol. The number of thiazole rings is 1. The van der Waals surface area contributed by atoms with Crippen LogP contribution in [0.3, 0.4) is 0 Å². The number of β-amino-alcohol motifs (C(OH)–C–C–N with tert-alkyl or cyclic N) is 1. The number of nitrogens with one attached hydrogen (secondary N) is 1. The van der Waals surface area contributed by atoms with Crippen molar-refractivity contribution in [2.24, 2.45) is 5.41 Å². The molecule has 3 aromatic rings. The van der Waals surface area contributed by atoms with Gasteiger partial charge in [-0.15, -0.1) is 11.3 Å². The van der Waals surface area contributed by atoms with E-state index in [0.29, 0.717) is 31.1 Å². The van der Waals surface area contributed by atoms with Gasteiger partial charge in [0.25, 0.3) is 0 Å². The maximum absolute atomic E-state index is 13.9. The quantitative estimate of drug-likeness (QED) is 0.164. The Morgan fingerprint density at radius 1 is 1.04 bits per heavy atom. The predicted molar refractivity (Wildman–Crippen MR) is 189 cm³/mol. The molecule has 3 atom stereocenters. The standard InChI is InChI=1S/C37H48N4O8S/c1-37(2,3)33(39-32(43)23-48-17-7-6-8-18-49-29-15-13-27(14-16-29)36(46)47-5)35(45)41-22-28(42)19-30(41)34(44)40(4)21-25-9-11-26(12-10-25)31-20-38-24-50-31/h9-16,20,24,28,30,33,42H,6-8,17-19,21-23H2,1-5H3,(H,39,43)/t28-,30+,33-/m1/s1. The number of benzene rings is 2. The van der Waals surface area contributed by atoms with Crippen LogP contribution in [0.1, 0.15) is 62.4 Å². The summed E-state index contributed by atoms with van der Waals surface area (Å²) in [5.74, 6) is -0.857. The molecule has 2 N–H and O–H groups in total. The zero-order chi connectivity index (χ0) is 36.3. The normalized spacial score (nSPS) is 16.5. The molecule has 0 aliphatic carbocycles. The summed E-state index contributed by atoms with van der Waals surface area (Å²) < 4.78 is 16.0. The van der Waals surface area contributed by atoms with Crippen molar-refractivity contribution in [3.8, 4) is 16.2 Å². The van der Waals surface area contributed by atoms with Crippen molar-refractivity contribution < 1.29 is 38.5 Å². The minimum Gasteiger partial charge on any atom is -0.494 e. The third kappa shape index (κ3) is 10.8. The van der Waals surface area contributed by atoms with E-state index in [1.807, 2.05) is 51.2 Å². The van der Waals surface area contributed by atoms with E-state index in [0.717, 1.165) is 35.3 Å². The molecule has 1 aliphatic rings. The number of unbranched alkanes of at least 4 members (excludes halogenated alkanes) is 2. The third-order valence-corrected chi connectivity index (χ3v) is 9.26. The molecule has 50 heavy (non-hydrogen) atoms. The second-order valence-electron chi connectivity index (χ2n) is 13.5. The van der Waals surface area contributed by atoms with Gasteiger partial charge in [-0.05, 0) is 60.1 Å². The molecule has 270 valence electrons. The van der Waals surface area contributed by atoms with Crippen LogP contribution in [0.4, 0.5) is 0 Å². The van der Waals surface area contributed by atoms with Crippen molar-refractivity contribution in [2.75, 3.05) is 40.5 Å². The van der Waals surface area contributed by atoms with Gasteiger partial charge >= 0.3 is 5.97 Å². The predicted octanol–water partition coefficient (Wildman–Crippen LogP) is 4.31. The Bertz CT molecular complexity index is 1560. The molecule has 0 spiro atoms. The fraction of sp³-hybridized carbons (Fsp3) is 0.486. The van der Waals surface area contributed by atoms with Gasteiger partial charge in [0.2, 0.25) is 17.7 Å². The van der Waals surface area contributed by atoms with Crippen molar-refractivity contribution in [1.82, 2.24) is 20.1 Å². The largest absolute Gasteiger partial charge is 0.494 e. The number of likely N-dealkylation sites (tertiary alicyclic amines) is 1. The molecule has 2 heterocycles. The topological polar surface area (TPSA) is 148 Å². The van der Waals surface area contributed by atoms with Crippen LogP contribution in [-0.4, -0.2) is 102 Å². The van der Waals surface area contributed by atoms with Crippen molar-refractivity contribution in [2.45, 2.75) is 71.2 Å². The molecule has 12 nitrogen and oxygen atoms in total. The Morgan fingerprint density at radius 3 is 2.38 bits per heavy atom. The van der Waals surface area contributed by atoms with Gasteiger partial charge in [-0.1, -0.05) is 45.0 Å². The van der Waals surface area contributed by atoms with Gasteiger partial charge < -0.3 is 34.4 Å². The highest BCUT2D eigenvalue weighted by atomic mass is 32.1. The van der Waals surface area contributed by atoms with Crippen molar-refractivity contribution in [3.63, 3.8) is 0 Å². The maximum Gasteiger partial charge on any atom is 0.337 e. The number of hydrogen-bond acceptors (Lipinski definition) is 10. The number of carbonyl (C=O) groups is 4. The number of nitrogens with zero attached hydrogens (tertiary/aromatic N) is 3. The molecular weight excluding hydrogens is 660 g/mol. The summed E-state index contributed by atoms with van der Waals surface area (Å²) in [7, 11) is 3.02. The Hall–Kier alpha value is -4.33. The second kappa shape index (κ2) is 18.1. The van der Waals surface area contributed by atoms with Crippen LogP contribution < -0.4 is 10.1 Å². The molecule has 4 rings (SSSR count). The number of ether oxygens (including phenoxy) is 3. The average Bonchev–Trinajstić information content (AvgIpc) is 3.78. The number of esters is 1. The smallest absolute Gasteiger partial charge is 0.337 e. The highest BCUT2D eigenvalue weighted by molar-refractivity contribution is 7.13. The fourth-order valence-electron chi connectivity index (χ4n) is 5.69. The molecule has 1 aliphatic heterocycles. The summed E-state index contributed by atoms with van der Waals surface area (Å²) in [4.78, 5) is 60.1. The van der Waals surface area contributed by atoms with E-state index in [1.54, 1.807) is 53.1 Å². The monoisotopic (exact) mass is 708 g/mol. The number of carbonyl (C=O) groups excluding carboxylic acids is 4. The first-order valence-electron chi connectivity index (χ1n) is 16.8. The summed E-state index contributed by atoms with van der Waals surface area (Å²) in [6.45, 7) is 6.54. The summed E-state index contributed by atoms with van der Waals surface area (Å²) in [5.41, 5.74) is 3.55. The Labute approximate surface area is 297 Å². The van der Waals surface area contributed by atoms with Crippen LogP contribution in [0.5, 0.6) is 5.75 Å². The van der Waals surface area contributed by atoms with Crippen LogP contribution in [-0.2, 0) is 30.4 Å². The van der Waals surface area contributed by atoms with E-state index in [1.165, 1.54) is 12.0 Å². The van der Waals surface area contributed by atoms with Crippen LogP contribution in [0.25, 0.3) is 10.4 Å². The SMILES string of the molecule is COC(=O)c1ccc(OCCCCCOCC(=O)N[C@H](C(=O)N2C[C@H](O)C[C@H]2C(=O)N(C)Cc2ccc(-c3cncs3)cc2)C(C)(C)C)cc1. The number of likely N-dealkylation sites (N-methyl/N-ethyl adjacent to an activating group) is 1. The molecule has 2 aromatic carbocycles. The molecule has 1 fully saturated rings. The Morgan fingerprint density at radius 2 is 1.74 bits per heavy atom. The van der Waals surface area contributed by atoms with Crippen molar-refractivity contribution >= 4 is 35.0 Å². The molecule has 0 bridgehead atoms. The lowest BCUT2D eigenvalue weighted by Crippen LogP contribution is -2.58. The number of aliphatic hydroxyl groups excluding tert-OH is 1. The Balaban J connectivity index is 1.22. The van der Waals surface area contributed by atoms with E-state index in [4.69, 9.17) is 14.2 Å². The van der Waals surface area contributed by atoms with Gasteiger partial charge in [-0.2, -0.15) is 0 Å². The van der Waals surface area contributed by atoms with Gasteiger partial charge in [-0.3, -0.25) is 19.4 Å². The first-order valence-corrected chi connectivity index (χ1v) is 17.6. The fourth-order valence-corrected chi connectivity index (χ4v) is 6.32. The van der Waals surface area contributed by atoms with Crippen molar-refractivity contribution in [3.05, 3.63) is 71.4 Å². The third-order valence-electron chi connectivity index (χ3n) is 8.44. The number of methoxy groups -OCH3 is 1. The van der Waals surface area contributed by atoms with Crippen LogP contribution >= 0.6 is 11.3 Å². The number of amides is 3. The first-order chi connectivity index (χ1) is 23.9. The summed E-state index contributed by atoms with van der Waals surface area (Å²) >= 11 is 1.55. The van der Waals surface area contributed by atoms with Gasteiger partial charge in [-0.25, -0.2) is 4.79 Å². The molecular formula is C37H48N4O8S. The van der Waals surface area contributed by atoms with E-state index < -0.39 is 41.4 Å². The van der Waals surface area contributed by atoms with E-state index in [-0.39, 0.29) is 25.5 Å². The van der Waals surface area contributed by atoms with Gasteiger partial charge in [0, 0.05) is 39.4 Å². The van der Waals surface area contributed by atoms with E-state index in [2.05, 4.69) is 10.3 Å². The maximum atomic E-state index is 13.9. The summed E-state index contributed by atoms with van der Waals surface area (Å²) in [6, 6.07) is 12.9. The minimum absolute atomic E-state index is 0.00803. The van der Waals surface area contributed by atoms with Gasteiger partial charge in [0.1, 0.15) is 24.4 Å². The van der Waals surface area contributed by atoms with Crippen LogP contribution in [0.15, 0.2) is 60.2 Å². The molecule has 3 amide bonds. The molecule has 0 radical (unpaired) electrons. The molecule has 13 heteroatoms. The Kier molecular flexibility index (Phi) is 13.9. The van der Waals surface area contributed by atoms with E-state index in [9.17, 15) is 24.3 Å². The number of aliphatic hydroxyl groups is 1. The second-order valence-corrected chi connectivity index (χ2v) is 14.4. The lowest BCUT2D eigenvalue weighted by atomic mass is 9.85. The first kappa shape index (κ1) is 38.5. The molecule has 1 aromatic heterocycles. The number of hydrogen-bond donors (Lipinski definition) is 2. The van der Waals surface area contributed by atoms with Crippen molar-refractivity contribution in [1.29, 1.82) is 0 Å². The van der Waals surface area contributed by atoms with E-state index >= 15 is 0 Å². The van der Waals surface area contributed by atoms with Gasteiger partial charge in [0.15, 0.2) is 0 Å². The number of aromatic nitrogens is 1. The summed E-state index contributed by atoms with van der Waals surface area (Å²) in [5, 5.41) is 13.4. The lowest BCUT2D eigenvalue weighted by molar-refractivity contribution is -0.147. The minimum atomic E-state index is -0.928.